The fourth-order valence-corrected chi connectivity index (χ4v) is 3.19. The predicted octanol–water partition coefficient (Wildman–Crippen LogP) is 3.03. The number of pyridine rings is 1. The third kappa shape index (κ3) is 4.14. The van der Waals surface area contributed by atoms with Gasteiger partial charge in [-0.1, -0.05) is 6.07 Å². The molecule has 0 radical (unpaired) electrons. The molecule has 2 aliphatic heterocycles. The maximum atomic E-state index is 13.1. The molecule has 2 aliphatic rings. The number of ether oxygens (including phenoxy) is 3. The smallest absolute Gasteiger partial charge is 0.409 e. The molecular weight excluding hydrogens is 372 g/mol. The van der Waals surface area contributed by atoms with Crippen LogP contribution in [-0.2, 0) is 6.54 Å². The monoisotopic (exact) mass is 391 g/mol. The molecule has 148 valence electrons. The van der Waals surface area contributed by atoms with Gasteiger partial charge < -0.3 is 19.1 Å². The number of halogens is 2. The van der Waals surface area contributed by atoms with Crippen molar-refractivity contribution in [1.29, 1.82) is 0 Å². The zero-order chi connectivity index (χ0) is 19.7. The van der Waals surface area contributed by atoms with Gasteiger partial charge in [-0.05, 0) is 36.2 Å². The van der Waals surface area contributed by atoms with Crippen LogP contribution in [0.4, 0.5) is 13.6 Å². The van der Waals surface area contributed by atoms with E-state index in [-0.39, 0.29) is 11.5 Å². The number of alkyl halides is 2. The molecule has 1 aromatic heterocycles. The minimum absolute atomic E-state index is 0.0342. The van der Waals surface area contributed by atoms with Crippen LogP contribution >= 0.6 is 0 Å². The molecule has 7 nitrogen and oxygen atoms in total. The molecule has 2 aromatic rings. The number of aryl methyl sites for hydroxylation is 1. The van der Waals surface area contributed by atoms with E-state index in [4.69, 9.17) is 4.74 Å². The Morgan fingerprint density at radius 2 is 1.89 bits per heavy atom. The SMILES string of the molecule is Cc1cncc(OC(=O)N2CCN(Cc3ccc4c(c3)OC(F)(F)O4)CC2)c1. The lowest BCUT2D eigenvalue weighted by molar-refractivity contribution is -0.286. The highest BCUT2D eigenvalue weighted by atomic mass is 19.3. The first-order valence-corrected chi connectivity index (χ1v) is 8.87. The third-order valence-electron chi connectivity index (χ3n) is 4.56. The van der Waals surface area contributed by atoms with Crippen LogP contribution in [0, 0.1) is 6.92 Å². The molecule has 3 heterocycles. The maximum Gasteiger partial charge on any atom is 0.586 e. The van der Waals surface area contributed by atoms with Gasteiger partial charge in [0.25, 0.3) is 0 Å². The second-order valence-corrected chi connectivity index (χ2v) is 6.78. The van der Waals surface area contributed by atoms with Gasteiger partial charge >= 0.3 is 12.4 Å². The molecule has 0 bridgehead atoms. The molecule has 0 aliphatic carbocycles. The minimum Gasteiger partial charge on any atom is -0.409 e. The number of amides is 1. The predicted molar refractivity (Wildman–Crippen MR) is 94.5 cm³/mol. The highest BCUT2D eigenvalue weighted by molar-refractivity contribution is 5.70. The summed E-state index contributed by atoms with van der Waals surface area (Å²) in [6.45, 7) is 4.76. The molecule has 0 atom stereocenters. The Labute approximate surface area is 160 Å². The number of nitrogens with zero attached hydrogens (tertiary/aromatic N) is 3. The number of carbonyl (C=O) groups is 1. The summed E-state index contributed by atoms with van der Waals surface area (Å²) in [6, 6.07) is 6.52. The first-order valence-electron chi connectivity index (χ1n) is 8.87. The normalized spacial score (nSPS) is 18.2. The summed E-state index contributed by atoms with van der Waals surface area (Å²) in [7, 11) is 0. The third-order valence-corrected chi connectivity index (χ3v) is 4.56. The summed E-state index contributed by atoms with van der Waals surface area (Å²) >= 11 is 0. The van der Waals surface area contributed by atoms with Gasteiger partial charge in [0.15, 0.2) is 17.2 Å². The van der Waals surface area contributed by atoms with E-state index in [0.29, 0.717) is 38.5 Å². The molecule has 1 fully saturated rings. The van der Waals surface area contributed by atoms with E-state index in [2.05, 4.69) is 19.4 Å². The standard InChI is InChI=1S/C19H19F2N3O4/c1-13-8-15(11-22-10-13)26-18(25)24-6-4-23(5-7-24)12-14-2-3-16-17(9-14)28-19(20,21)27-16/h2-3,8-11H,4-7,12H2,1H3. The van der Waals surface area contributed by atoms with Gasteiger partial charge in [-0.25, -0.2) is 4.79 Å². The topological polar surface area (TPSA) is 64.1 Å². The van der Waals surface area contributed by atoms with Crippen molar-refractivity contribution in [3.63, 3.8) is 0 Å². The second-order valence-electron chi connectivity index (χ2n) is 6.78. The summed E-state index contributed by atoms with van der Waals surface area (Å²) in [5.74, 6) is 0.494. The van der Waals surface area contributed by atoms with Crippen molar-refractivity contribution in [2.75, 3.05) is 26.2 Å². The van der Waals surface area contributed by atoms with Crippen LogP contribution in [0.15, 0.2) is 36.7 Å². The van der Waals surface area contributed by atoms with Crippen LogP contribution < -0.4 is 14.2 Å². The summed E-state index contributed by atoms with van der Waals surface area (Å²) in [6.07, 6.45) is -0.824. The van der Waals surface area contributed by atoms with Crippen LogP contribution in [0.25, 0.3) is 0 Å². The van der Waals surface area contributed by atoms with Crippen LogP contribution in [0.3, 0.4) is 0 Å². The van der Waals surface area contributed by atoms with E-state index >= 15 is 0 Å². The Hall–Kier alpha value is -2.94. The Morgan fingerprint density at radius 1 is 1.14 bits per heavy atom. The summed E-state index contributed by atoms with van der Waals surface area (Å²) < 4.78 is 40.5. The Bertz CT molecular complexity index is 885. The average molecular weight is 391 g/mol. The van der Waals surface area contributed by atoms with Gasteiger partial charge in [-0.15, -0.1) is 8.78 Å². The number of aromatic nitrogens is 1. The van der Waals surface area contributed by atoms with Gasteiger partial charge in [0.2, 0.25) is 0 Å². The molecule has 9 heteroatoms. The highest BCUT2D eigenvalue weighted by Gasteiger charge is 2.43. The molecule has 1 aromatic carbocycles. The quantitative estimate of drug-likeness (QED) is 0.802. The van der Waals surface area contributed by atoms with Crippen LogP contribution in [0.1, 0.15) is 11.1 Å². The van der Waals surface area contributed by atoms with E-state index < -0.39 is 12.4 Å². The molecule has 0 unspecified atom stereocenters. The number of carbonyl (C=O) groups excluding carboxylic acids is 1. The number of hydrogen-bond acceptors (Lipinski definition) is 6. The molecule has 0 N–H and O–H groups in total. The maximum absolute atomic E-state index is 13.1. The van der Waals surface area contributed by atoms with Crippen molar-refractivity contribution in [1.82, 2.24) is 14.8 Å². The summed E-state index contributed by atoms with van der Waals surface area (Å²) in [4.78, 5) is 20.1. The molecule has 0 saturated carbocycles. The van der Waals surface area contributed by atoms with Crippen LogP contribution in [0.2, 0.25) is 0 Å². The Morgan fingerprint density at radius 3 is 2.64 bits per heavy atom. The largest absolute Gasteiger partial charge is 0.586 e. The van der Waals surface area contributed by atoms with Gasteiger partial charge in [0.1, 0.15) is 0 Å². The Balaban J connectivity index is 1.29. The van der Waals surface area contributed by atoms with Crippen LogP contribution in [-0.4, -0.2) is 53.4 Å². The summed E-state index contributed by atoms with van der Waals surface area (Å²) in [5.41, 5.74) is 1.75. The number of piperazine rings is 1. The average Bonchev–Trinajstić information content (AvgIpc) is 2.95. The van der Waals surface area contributed by atoms with Crippen molar-refractivity contribution < 1.29 is 27.8 Å². The molecule has 28 heavy (non-hydrogen) atoms. The van der Waals surface area contributed by atoms with Gasteiger partial charge in [0.05, 0.1) is 6.20 Å². The van der Waals surface area contributed by atoms with Crippen molar-refractivity contribution in [3.8, 4) is 17.2 Å². The zero-order valence-electron chi connectivity index (χ0n) is 15.2. The lowest BCUT2D eigenvalue weighted by Gasteiger charge is -2.34. The van der Waals surface area contributed by atoms with Crippen molar-refractivity contribution >= 4 is 6.09 Å². The van der Waals surface area contributed by atoms with Crippen molar-refractivity contribution in [2.45, 2.75) is 19.8 Å². The first-order chi connectivity index (χ1) is 13.4. The fraction of sp³-hybridized carbons (Fsp3) is 0.368. The van der Waals surface area contributed by atoms with Gasteiger partial charge in [-0.3, -0.25) is 9.88 Å². The fourth-order valence-electron chi connectivity index (χ4n) is 3.19. The van der Waals surface area contributed by atoms with Crippen molar-refractivity contribution in [3.05, 3.63) is 47.8 Å². The molecule has 0 spiro atoms. The lowest BCUT2D eigenvalue weighted by Crippen LogP contribution is -2.49. The van der Waals surface area contributed by atoms with Crippen LogP contribution in [0.5, 0.6) is 17.2 Å². The number of fused-ring (bicyclic) bond motifs is 1. The number of benzene rings is 1. The minimum atomic E-state index is -3.61. The van der Waals surface area contributed by atoms with Gasteiger partial charge in [0, 0.05) is 38.9 Å². The molecule has 4 rings (SSSR count). The van der Waals surface area contributed by atoms with E-state index in [1.54, 1.807) is 29.3 Å². The van der Waals surface area contributed by atoms with E-state index in [0.717, 1.165) is 11.1 Å². The zero-order valence-corrected chi connectivity index (χ0v) is 15.2. The first kappa shape index (κ1) is 18.4. The molecule has 1 amide bonds. The number of rotatable bonds is 3. The van der Waals surface area contributed by atoms with Crippen molar-refractivity contribution in [2.24, 2.45) is 0 Å². The summed E-state index contributed by atoms with van der Waals surface area (Å²) in [5, 5.41) is 0. The molecular formula is C19H19F2N3O4. The molecule has 1 saturated heterocycles. The van der Waals surface area contributed by atoms with E-state index in [1.807, 2.05) is 6.92 Å². The van der Waals surface area contributed by atoms with E-state index in [9.17, 15) is 13.6 Å². The number of hydrogen-bond donors (Lipinski definition) is 0. The highest BCUT2D eigenvalue weighted by Crippen LogP contribution is 2.41. The van der Waals surface area contributed by atoms with E-state index in [1.165, 1.54) is 12.3 Å². The lowest BCUT2D eigenvalue weighted by atomic mass is 10.1. The second kappa shape index (κ2) is 7.23. The Kier molecular flexibility index (Phi) is 4.76. The van der Waals surface area contributed by atoms with Gasteiger partial charge in [-0.2, -0.15) is 0 Å².